The predicted octanol–water partition coefficient (Wildman–Crippen LogP) is 2.81. The standard InChI is InChI=1S/C15H20N2O4/c1-2-8-15(14(18)19)9-3-10-16(15)11-12-4-6-13(7-5-12)17(20)21/h4-7H,2-3,8-11H2,1H3,(H,18,19). The minimum atomic E-state index is -0.781. The summed E-state index contributed by atoms with van der Waals surface area (Å²) in [6.07, 6.45) is 3.00. The minimum Gasteiger partial charge on any atom is -0.480 e. The molecule has 6 heteroatoms. The highest BCUT2D eigenvalue weighted by atomic mass is 16.6. The molecule has 1 saturated heterocycles. The number of carboxylic acid groups (broad SMARTS) is 1. The van der Waals surface area contributed by atoms with Crippen molar-refractivity contribution in [2.24, 2.45) is 0 Å². The molecule has 1 heterocycles. The second-order valence-electron chi connectivity index (χ2n) is 5.54. The van der Waals surface area contributed by atoms with Gasteiger partial charge in [0.1, 0.15) is 5.54 Å². The number of hydrogen-bond acceptors (Lipinski definition) is 4. The molecule has 1 atom stereocenters. The van der Waals surface area contributed by atoms with Crippen LogP contribution in [0.5, 0.6) is 0 Å². The molecule has 114 valence electrons. The fourth-order valence-electron chi connectivity index (χ4n) is 3.15. The lowest BCUT2D eigenvalue weighted by atomic mass is 9.90. The highest BCUT2D eigenvalue weighted by molar-refractivity contribution is 5.79. The van der Waals surface area contributed by atoms with Crippen LogP contribution >= 0.6 is 0 Å². The smallest absolute Gasteiger partial charge is 0.324 e. The van der Waals surface area contributed by atoms with Gasteiger partial charge in [0.2, 0.25) is 0 Å². The van der Waals surface area contributed by atoms with E-state index in [0.717, 1.165) is 24.9 Å². The number of aliphatic carboxylic acids is 1. The van der Waals surface area contributed by atoms with Gasteiger partial charge in [-0.25, -0.2) is 0 Å². The normalized spacial score (nSPS) is 22.3. The molecule has 1 aromatic rings. The van der Waals surface area contributed by atoms with Gasteiger partial charge in [-0.3, -0.25) is 19.8 Å². The Labute approximate surface area is 123 Å². The summed E-state index contributed by atoms with van der Waals surface area (Å²) in [4.78, 5) is 23.9. The van der Waals surface area contributed by atoms with Gasteiger partial charge in [0.25, 0.3) is 5.69 Å². The average molecular weight is 292 g/mol. The van der Waals surface area contributed by atoms with Gasteiger partial charge in [-0.05, 0) is 31.4 Å². The molecule has 1 aliphatic rings. The number of likely N-dealkylation sites (tertiary alicyclic amines) is 1. The Kier molecular flexibility index (Phi) is 4.57. The van der Waals surface area contributed by atoms with Crippen LogP contribution in [-0.4, -0.2) is 33.0 Å². The quantitative estimate of drug-likeness (QED) is 0.644. The van der Waals surface area contributed by atoms with Gasteiger partial charge in [-0.2, -0.15) is 0 Å². The van der Waals surface area contributed by atoms with Crippen molar-refractivity contribution in [3.05, 3.63) is 39.9 Å². The summed E-state index contributed by atoms with van der Waals surface area (Å²) < 4.78 is 0. The number of nitro benzene ring substituents is 1. The molecule has 0 amide bonds. The monoisotopic (exact) mass is 292 g/mol. The maximum Gasteiger partial charge on any atom is 0.324 e. The first-order valence-corrected chi connectivity index (χ1v) is 7.21. The lowest BCUT2D eigenvalue weighted by Gasteiger charge is -2.34. The van der Waals surface area contributed by atoms with Crippen molar-refractivity contribution in [1.29, 1.82) is 0 Å². The van der Waals surface area contributed by atoms with E-state index in [2.05, 4.69) is 0 Å². The molecular weight excluding hydrogens is 272 g/mol. The lowest BCUT2D eigenvalue weighted by Crippen LogP contribution is -2.49. The van der Waals surface area contributed by atoms with Crippen molar-refractivity contribution in [2.45, 2.75) is 44.7 Å². The third-order valence-electron chi connectivity index (χ3n) is 4.21. The van der Waals surface area contributed by atoms with E-state index in [4.69, 9.17) is 0 Å². The van der Waals surface area contributed by atoms with Gasteiger partial charge < -0.3 is 5.11 Å². The maximum absolute atomic E-state index is 11.7. The SMILES string of the molecule is CCCC1(C(=O)O)CCCN1Cc1ccc([N+](=O)[O-])cc1. The van der Waals surface area contributed by atoms with Gasteiger partial charge in [0.05, 0.1) is 4.92 Å². The molecule has 0 aromatic heterocycles. The fourth-order valence-corrected chi connectivity index (χ4v) is 3.15. The molecule has 6 nitrogen and oxygen atoms in total. The van der Waals surface area contributed by atoms with E-state index in [-0.39, 0.29) is 5.69 Å². The largest absolute Gasteiger partial charge is 0.480 e. The Balaban J connectivity index is 2.17. The van der Waals surface area contributed by atoms with Crippen molar-refractivity contribution < 1.29 is 14.8 Å². The van der Waals surface area contributed by atoms with Crippen LogP contribution in [0.3, 0.4) is 0 Å². The maximum atomic E-state index is 11.7. The van der Waals surface area contributed by atoms with E-state index >= 15 is 0 Å². The molecule has 0 radical (unpaired) electrons. The van der Waals surface area contributed by atoms with E-state index in [0.29, 0.717) is 19.4 Å². The summed E-state index contributed by atoms with van der Waals surface area (Å²) in [5.41, 5.74) is 0.179. The third kappa shape index (κ3) is 3.05. The Morgan fingerprint density at radius 1 is 1.43 bits per heavy atom. The number of non-ortho nitro benzene ring substituents is 1. The van der Waals surface area contributed by atoms with Crippen LogP contribution in [0.1, 0.15) is 38.2 Å². The van der Waals surface area contributed by atoms with Crippen LogP contribution < -0.4 is 0 Å². The van der Waals surface area contributed by atoms with Gasteiger partial charge >= 0.3 is 5.97 Å². The Hall–Kier alpha value is -1.95. The van der Waals surface area contributed by atoms with Gasteiger partial charge in [0.15, 0.2) is 0 Å². The Bertz CT molecular complexity index is 529. The molecule has 1 aliphatic heterocycles. The van der Waals surface area contributed by atoms with E-state index in [1.54, 1.807) is 12.1 Å². The lowest BCUT2D eigenvalue weighted by molar-refractivity contribution is -0.384. The number of rotatable bonds is 6. The first-order valence-electron chi connectivity index (χ1n) is 7.21. The average Bonchev–Trinajstić information content (AvgIpc) is 2.84. The molecule has 1 N–H and O–H groups in total. The summed E-state index contributed by atoms with van der Waals surface area (Å²) in [5.74, 6) is -0.760. The van der Waals surface area contributed by atoms with Crippen LogP contribution in [0.25, 0.3) is 0 Å². The molecule has 1 aromatic carbocycles. The first-order chi connectivity index (χ1) is 9.99. The van der Waals surface area contributed by atoms with Crippen molar-refractivity contribution >= 4 is 11.7 Å². The van der Waals surface area contributed by atoms with Crippen molar-refractivity contribution in [1.82, 2.24) is 4.90 Å². The summed E-state index contributed by atoms with van der Waals surface area (Å²) in [6, 6.07) is 6.34. The number of nitrogens with zero attached hydrogens (tertiary/aromatic N) is 2. The summed E-state index contributed by atoms with van der Waals surface area (Å²) in [6.45, 7) is 3.26. The second kappa shape index (κ2) is 6.22. The molecule has 0 spiro atoms. The summed E-state index contributed by atoms with van der Waals surface area (Å²) in [5, 5.41) is 20.3. The van der Waals surface area contributed by atoms with E-state index in [9.17, 15) is 20.0 Å². The van der Waals surface area contributed by atoms with E-state index in [1.807, 2.05) is 11.8 Å². The summed E-state index contributed by atoms with van der Waals surface area (Å²) >= 11 is 0. The zero-order valence-electron chi connectivity index (χ0n) is 12.1. The number of hydrogen-bond donors (Lipinski definition) is 1. The second-order valence-corrected chi connectivity index (χ2v) is 5.54. The van der Waals surface area contributed by atoms with Crippen molar-refractivity contribution in [2.75, 3.05) is 6.54 Å². The van der Waals surface area contributed by atoms with Gasteiger partial charge in [-0.1, -0.05) is 25.5 Å². The Morgan fingerprint density at radius 3 is 2.62 bits per heavy atom. The van der Waals surface area contributed by atoms with Crippen LogP contribution in [0, 0.1) is 10.1 Å². The number of benzene rings is 1. The molecule has 21 heavy (non-hydrogen) atoms. The molecular formula is C15H20N2O4. The molecule has 0 aliphatic carbocycles. The van der Waals surface area contributed by atoms with E-state index < -0.39 is 16.4 Å². The van der Waals surface area contributed by atoms with Crippen LogP contribution in [0.4, 0.5) is 5.69 Å². The molecule has 0 saturated carbocycles. The highest BCUT2D eigenvalue weighted by Gasteiger charge is 2.46. The number of carbonyl (C=O) groups is 1. The topological polar surface area (TPSA) is 83.7 Å². The first kappa shape index (κ1) is 15.4. The van der Waals surface area contributed by atoms with Crippen LogP contribution in [0.2, 0.25) is 0 Å². The van der Waals surface area contributed by atoms with Gasteiger partial charge in [0, 0.05) is 18.7 Å². The fraction of sp³-hybridized carbons (Fsp3) is 0.533. The zero-order chi connectivity index (χ0) is 15.5. The summed E-state index contributed by atoms with van der Waals surface area (Å²) in [7, 11) is 0. The number of carboxylic acids is 1. The molecule has 1 fully saturated rings. The van der Waals surface area contributed by atoms with Gasteiger partial charge in [-0.15, -0.1) is 0 Å². The number of nitro groups is 1. The third-order valence-corrected chi connectivity index (χ3v) is 4.21. The molecule has 1 unspecified atom stereocenters. The molecule has 2 rings (SSSR count). The zero-order valence-corrected chi connectivity index (χ0v) is 12.1. The molecule has 0 bridgehead atoms. The predicted molar refractivity (Wildman–Crippen MR) is 78.0 cm³/mol. The van der Waals surface area contributed by atoms with Crippen LogP contribution in [-0.2, 0) is 11.3 Å². The highest BCUT2D eigenvalue weighted by Crippen LogP contribution is 2.35. The van der Waals surface area contributed by atoms with Crippen LogP contribution in [0.15, 0.2) is 24.3 Å². The van der Waals surface area contributed by atoms with Crippen molar-refractivity contribution in [3.63, 3.8) is 0 Å². The minimum absolute atomic E-state index is 0.0539. The van der Waals surface area contributed by atoms with Crippen molar-refractivity contribution in [3.8, 4) is 0 Å². The Morgan fingerprint density at radius 2 is 2.10 bits per heavy atom. The van der Waals surface area contributed by atoms with E-state index in [1.165, 1.54) is 12.1 Å².